The van der Waals surface area contributed by atoms with Crippen molar-refractivity contribution in [2.45, 2.75) is 26.3 Å². The van der Waals surface area contributed by atoms with E-state index in [1.54, 1.807) is 6.20 Å². The third kappa shape index (κ3) is 2.34. The molecular formula is C7H11N3O2. The molecule has 1 aromatic heterocycles. The van der Waals surface area contributed by atoms with Crippen molar-refractivity contribution in [2.75, 3.05) is 0 Å². The Labute approximate surface area is 70.0 Å². The smallest absolute Gasteiger partial charge is 0.325 e. The average Bonchev–Trinajstić information content (AvgIpc) is 2.36. The second kappa shape index (κ2) is 3.85. The van der Waals surface area contributed by atoms with Crippen molar-refractivity contribution in [1.82, 2.24) is 15.0 Å². The van der Waals surface area contributed by atoms with E-state index in [1.165, 1.54) is 4.68 Å². The van der Waals surface area contributed by atoms with Gasteiger partial charge in [0.2, 0.25) is 0 Å². The molecule has 0 aromatic carbocycles. The summed E-state index contributed by atoms with van der Waals surface area (Å²) in [6.07, 6.45) is 3.50. The molecule has 0 unspecified atom stereocenters. The minimum absolute atomic E-state index is 0.114. The molecule has 0 amide bonds. The molecule has 0 aliphatic carbocycles. The van der Waals surface area contributed by atoms with Crippen LogP contribution in [0.1, 0.15) is 19.0 Å². The van der Waals surface area contributed by atoms with E-state index in [0.717, 1.165) is 18.5 Å². The maximum Gasteiger partial charge on any atom is 0.325 e. The van der Waals surface area contributed by atoms with Gasteiger partial charge in [-0.3, -0.25) is 4.79 Å². The van der Waals surface area contributed by atoms with E-state index in [0.29, 0.717) is 0 Å². The predicted octanol–water partition coefficient (Wildman–Crippen LogP) is 0.315. The molecule has 66 valence electrons. The largest absolute Gasteiger partial charge is 0.480 e. The number of aliphatic carboxylic acids is 1. The van der Waals surface area contributed by atoms with Crippen LogP contribution < -0.4 is 0 Å². The maximum atomic E-state index is 10.2. The first kappa shape index (κ1) is 8.70. The Balaban J connectivity index is 2.58. The molecule has 0 saturated heterocycles. The minimum atomic E-state index is -0.900. The van der Waals surface area contributed by atoms with E-state index < -0.39 is 5.97 Å². The van der Waals surface area contributed by atoms with Gasteiger partial charge in [-0.2, -0.15) is 0 Å². The highest BCUT2D eigenvalue weighted by molar-refractivity contribution is 5.66. The summed E-state index contributed by atoms with van der Waals surface area (Å²) < 4.78 is 1.33. The number of carboxylic acid groups (broad SMARTS) is 1. The number of aryl methyl sites for hydroxylation is 1. The van der Waals surface area contributed by atoms with Crippen LogP contribution in [0.25, 0.3) is 0 Å². The van der Waals surface area contributed by atoms with Gasteiger partial charge in [0.1, 0.15) is 6.54 Å². The lowest BCUT2D eigenvalue weighted by Crippen LogP contribution is -2.08. The molecular weight excluding hydrogens is 158 g/mol. The van der Waals surface area contributed by atoms with Crippen LogP contribution in [0.3, 0.4) is 0 Å². The van der Waals surface area contributed by atoms with Gasteiger partial charge in [-0.05, 0) is 6.42 Å². The van der Waals surface area contributed by atoms with Gasteiger partial charge in [-0.15, -0.1) is 5.10 Å². The van der Waals surface area contributed by atoms with Crippen LogP contribution in [-0.2, 0) is 17.8 Å². The monoisotopic (exact) mass is 169 g/mol. The summed E-state index contributed by atoms with van der Waals surface area (Å²) in [5, 5.41) is 15.9. The number of aromatic nitrogens is 3. The molecule has 0 atom stereocenters. The van der Waals surface area contributed by atoms with Crippen molar-refractivity contribution < 1.29 is 9.90 Å². The summed E-state index contributed by atoms with van der Waals surface area (Å²) in [7, 11) is 0. The van der Waals surface area contributed by atoms with Crippen LogP contribution in [0, 0.1) is 0 Å². The van der Waals surface area contributed by atoms with Gasteiger partial charge in [0.05, 0.1) is 5.69 Å². The minimum Gasteiger partial charge on any atom is -0.480 e. The molecule has 0 fully saturated rings. The van der Waals surface area contributed by atoms with Crippen LogP contribution in [-0.4, -0.2) is 26.1 Å². The topological polar surface area (TPSA) is 68.0 Å². The first-order chi connectivity index (χ1) is 5.72. The molecule has 1 N–H and O–H groups in total. The first-order valence-corrected chi connectivity index (χ1v) is 3.83. The van der Waals surface area contributed by atoms with Crippen molar-refractivity contribution in [1.29, 1.82) is 0 Å². The second-order valence-corrected chi connectivity index (χ2v) is 2.55. The molecule has 0 saturated carbocycles. The van der Waals surface area contributed by atoms with Crippen molar-refractivity contribution in [3.8, 4) is 0 Å². The molecule has 1 aromatic rings. The highest BCUT2D eigenvalue weighted by atomic mass is 16.4. The summed E-state index contributed by atoms with van der Waals surface area (Å²) >= 11 is 0. The van der Waals surface area contributed by atoms with E-state index in [1.807, 2.05) is 6.92 Å². The summed E-state index contributed by atoms with van der Waals surface area (Å²) in [5.41, 5.74) is 0.846. The summed E-state index contributed by atoms with van der Waals surface area (Å²) in [4.78, 5) is 10.2. The lowest BCUT2D eigenvalue weighted by atomic mass is 10.3. The van der Waals surface area contributed by atoms with Crippen LogP contribution in [0.15, 0.2) is 6.20 Å². The number of hydrogen-bond acceptors (Lipinski definition) is 3. The van der Waals surface area contributed by atoms with Crippen LogP contribution in [0.4, 0.5) is 0 Å². The Hall–Kier alpha value is -1.39. The second-order valence-electron chi connectivity index (χ2n) is 2.55. The van der Waals surface area contributed by atoms with Crippen LogP contribution >= 0.6 is 0 Å². The molecule has 1 heterocycles. The van der Waals surface area contributed by atoms with E-state index in [-0.39, 0.29) is 6.54 Å². The highest BCUT2D eigenvalue weighted by Gasteiger charge is 2.02. The van der Waals surface area contributed by atoms with Crippen molar-refractivity contribution >= 4 is 5.97 Å². The van der Waals surface area contributed by atoms with Gasteiger partial charge >= 0.3 is 5.97 Å². The lowest BCUT2D eigenvalue weighted by molar-refractivity contribution is -0.137. The molecule has 0 bridgehead atoms. The Morgan fingerprint density at radius 2 is 2.50 bits per heavy atom. The van der Waals surface area contributed by atoms with Crippen molar-refractivity contribution in [2.24, 2.45) is 0 Å². The van der Waals surface area contributed by atoms with Gasteiger partial charge in [0, 0.05) is 6.20 Å². The Morgan fingerprint density at radius 3 is 3.08 bits per heavy atom. The molecule has 0 spiro atoms. The SMILES string of the molecule is CCCc1cn(CC(=O)O)nn1. The Bertz CT molecular complexity index is 269. The first-order valence-electron chi connectivity index (χ1n) is 3.83. The standard InChI is InChI=1S/C7H11N3O2/c1-2-3-6-4-10(9-8-6)5-7(11)12/h4H,2-3,5H2,1H3,(H,11,12). The summed E-state index contributed by atoms with van der Waals surface area (Å²) in [5.74, 6) is -0.900. The molecule has 5 nitrogen and oxygen atoms in total. The third-order valence-electron chi connectivity index (χ3n) is 1.39. The number of hydrogen-bond donors (Lipinski definition) is 1. The molecule has 12 heavy (non-hydrogen) atoms. The fourth-order valence-corrected chi connectivity index (χ4v) is 0.925. The van der Waals surface area contributed by atoms with E-state index in [2.05, 4.69) is 10.3 Å². The molecule has 0 aliphatic heterocycles. The van der Waals surface area contributed by atoms with Gasteiger partial charge in [-0.25, -0.2) is 4.68 Å². The van der Waals surface area contributed by atoms with Gasteiger partial charge < -0.3 is 5.11 Å². The van der Waals surface area contributed by atoms with Crippen molar-refractivity contribution in [3.05, 3.63) is 11.9 Å². The fourth-order valence-electron chi connectivity index (χ4n) is 0.925. The van der Waals surface area contributed by atoms with Gasteiger partial charge in [0.25, 0.3) is 0 Å². The summed E-state index contributed by atoms with van der Waals surface area (Å²) in [6.45, 7) is 1.92. The maximum absolute atomic E-state index is 10.2. The Kier molecular flexibility index (Phi) is 2.79. The third-order valence-corrected chi connectivity index (χ3v) is 1.39. The van der Waals surface area contributed by atoms with Crippen molar-refractivity contribution in [3.63, 3.8) is 0 Å². The Morgan fingerprint density at radius 1 is 1.75 bits per heavy atom. The zero-order valence-corrected chi connectivity index (χ0v) is 6.90. The van der Waals surface area contributed by atoms with E-state index in [9.17, 15) is 4.79 Å². The predicted molar refractivity (Wildman–Crippen MR) is 41.7 cm³/mol. The number of carbonyl (C=O) groups is 1. The zero-order chi connectivity index (χ0) is 8.97. The molecule has 0 radical (unpaired) electrons. The fraction of sp³-hybridized carbons (Fsp3) is 0.571. The van der Waals surface area contributed by atoms with E-state index in [4.69, 9.17) is 5.11 Å². The van der Waals surface area contributed by atoms with Gasteiger partial charge in [-0.1, -0.05) is 18.6 Å². The quantitative estimate of drug-likeness (QED) is 0.704. The van der Waals surface area contributed by atoms with Gasteiger partial charge in [0.15, 0.2) is 0 Å². The normalized spacial score (nSPS) is 10.1. The molecule has 5 heteroatoms. The lowest BCUT2D eigenvalue weighted by Gasteiger charge is -1.91. The number of rotatable bonds is 4. The van der Waals surface area contributed by atoms with Crippen LogP contribution in [0.5, 0.6) is 0 Å². The molecule has 1 rings (SSSR count). The zero-order valence-electron chi connectivity index (χ0n) is 6.90. The number of carboxylic acids is 1. The number of nitrogens with zero attached hydrogens (tertiary/aromatic N) is 3. The molecule has 0 aliphatic rings. The summed E-state index contributed by atoms with van der Waals surface area (Å²) in [6, 6.07) is 0. The highest BCUT2D eigenvalue weighted by Crippen LogP contribution is 1.96. The average molecular weight is 169 g/mol. The van der Waals surface area contributed by atoms with E-state index >= 15 is 0 Å². The van der Waals surface area contributed by atoms with Crippen LogP contribution in [0.2, 0.25) is 0 Å².